The maximum absolute atomic E-state index is 13.0. The second-order valence-electron chi connectivity index (χ2n) is 6.23. The van der Waals surface area contributed by atoms with Gasteiger partial charge in [0.1, 0.15) is 4.90 Å². The Bertz CT molecular complexity index is 898. The average molecular weight is 399 g/mol. The van der Waals surface area contributed by atoms with Crippen LogP contribution in [0.25, 0.3) is 10.9 Å². The Hall–Kier alpha value is -1.74. The van der Waals surface area contributed by atoms with E-state index in [-0.39, 0.29) is 29.8 Å². The molecule has 9 heteroatoms. The molecule has 0 radical (unpaired) electrons. The third-order valence-electron chi connectivity index (χ3n) is 4.33. The number of nitrogens with one attached hydrogen (secondary N) is 1. The van der Waals surface area contributed by atoms with E-state index in [1.165, 1.54) is 13.1 Å². The Morgan fingerprint density at radius 1 is 1.31 bits per heavy atom. The number of halogens is 1. The Balaban J connectivity index is 0.00000243. The van der Waals surface area contributed by atoms with Gasteiger partial charge < -0.3 is 10.2 Å². The standard InChI is InChI=1S/C17H22N4O3S.ClH/c1-13-10-14-4-3-5-15(17(14)19-11-13)25(23,24)20(2)12-16(22)21-8-6-18-7-9-21;/h3-5,10-11,18H,6-9,12H2,1-2H3;1H. The van der Waals surface area contributed by atoms with Crippen LogP contribution in [-0.4, -0.2) is 68.3 Å². The van der Waals surface area contributed by atoms with E-state index in [0.29, 0.717) is 18.6 Å². The first kappa shape index (κ1) is 20.6. The molecule has 1 N–H and O–H groups in total. The number of carbonyl (C=O) groups excluding carboxylic acids is 1. The highest BCUT2D eigenvalue weighted by Gasteiger charge is 2.27. The molecule has 0 bridgehead atoms. The molecule has 1 fully saturated rings. The van der Waals surface area contributed by atoms with Crippen LogP contribution in [0.15, 0.2) is 35.4 Å². The van der Waals surface area contributed by atoms with Crippen LogP contribution in [0.4, 0.5) is 0 Å². The van der Waals surface area contributed by atoms with Crippen LogP contribution in [0, 0.1) is 6.92 Å². The first-order valence-electron chi connectivity index (χ1n) is 8.20. The van der Waals surface area contributed by atoms with Crippen molar-refractivity contribution in [3.63, 3.8) is 0 Å². The van der Waals surface area contributed by atoms with Crippen LogP contribution in [0.2, 0.25) is 0 Å². The molecule has 7 nitrogen and oxygen atoms in total. The van der Waals surface area contributed by atoms with Gasteiger partial charge in [0.25, 0.3) is 0 Å². The summed E-state index contributed by atoms with van der Waals surface area (Å²) >= 11 is 0. The molecule has 1 aromatic carbocycles. The van der Waals surface area contributed by atoms with Gasteiger partial charge in [0, 0.05) is 44.8 Å². The number of hydrogen-bond acceptors (Lipinski definition) is 5. The van der Waals surface area contributed by atoms with E-state index in [1.54, 1.807) is 17.2 Å². The van der Waals surface area contributed by atoms with E-state index in [2.05, 4.69) is 10.3 Å². The summed E-state index contributed by atoms with van der Waals surface area (Å²) in [6.45, 7) is 4.39. The molecule has 0 aliphatic carbocycles. The van der Waals surface area contributed by atoms with Crippen molar-refractivity contribution < 1.29 is 13.2 Å². The van der Waals surface area contributed by atoms with Gasteiger partial charge >= 0.3 is 0 Å². The second-order valence-corrected chi connectivity index (χ2v) is 8.25. The number of aryl methyl sites for hydroxylation is 1. The van der Waals surface area contributed by atoms with E-state index in [1.807, 2.05) is 19.1 Å². The van der Waals surface area contributed by atoms with Gasteiger partial charge in [-0.15, -0.1) is 12.4 Å². The van der Waals surface area contributed by atoms with E-state index < -0.39 is 10.0 Å². The minimum absolute atomic E-state index is 0. The highest BCUT2D eigenvalue weighted by atomic mass is 35.5. The molecule has 1 amide bonds. The largest absolute Gasteiger partial charge is 0.339 e. The Morgan fingerprint density at radius 2 is 2.00 bits per heavy atom. The highest BCUT2D eigenvalue weighted by Crippen LogP contribution is 2.24. The van der Waals surface area contributed by atoms with Crippen LogP contribution < -0.4 is 5.32 Å². The number of likely N-dealkylation sites (N-methyl/N-ethyl adjacent to an activating group) is 1. The zero-order chi connectivity index (χ0) is 18.0. The molecule has 1 aromatic heterocycles. The number of carbonyl (C=O) groups is 1. The number of para-hydroxylation sites is 1. The monoisotopic (exact) mass is 398 g/mol. The summed E-state index contributed by atoms with van der Waals surface area (Å²) in [6.07, 6.45) is 1.65. The van der Waals surface area contributed by atoms with Crippen LogP contribution >= 0.6 is 12.4 Å². The zero-order valence-electron chi connectivity index (χ0n) is 14.8. The second kappa shape index (κ2) is 8.30. The van der Waals surface area contributed by atoms with Crippen molar-refractivity contribution in [1.29, 1.82) is 0 Å². The maximum atomic E-state index is 13.0. The molecular weight excluding hydrogens is 376 g/mol. The van der Waals surface area contributed by atoms with Crippen molar-refractivity contribution in [3.05, 3.63) is 36.0 Å². The maximum Gasteiger partial charge on any atom is 0.245 e. The third kappa shape index (κ3) is 4.15. The SMILES string of the molecule is Cc1cnc2c(S(=O)(=O)N(C)CC(=O)N3CCNCC3)cccc2c1.Cl. The number of nitrogens with zero attached hydrogens (tertiary/aromatic N) is 3. The summed E-state index contributed by atoms with van der Waals surface area (Å²) in [6, 6.07) is 6.96. The number of benzene rings is 1. The zero-order valence-corrected chi connectivity index (χ0v) is 16.4. The molecule has 1 saturated heterocycles. The third-order valence-corrected chi connectivity index (χ3v) is 6.16. The fourth-order valence-corrected chi connectivity index (χ4v) is 4.19. The van der Waals surface area contributed by atoms with Gasteiger partial charge in [-0.05, 0) is 24.6 Å². The number of aromatic nitrogens is 1. The molecule has 3 rings (SSSR count). The normalized spacial score (nSPS) is 15.1. The van der Waals surface area contributed by atoms with Crippen LogP contribution in [-0.2, 0) is 14.8 Å². The summed E-state index contributed by atoms with van der Waals surface area (Å²) < 4.78 is 27.0. The molecule has 1 aliphatic heterocycles. The smallest absolute Gasteiger partial charge is 0.245 e. The summed E-state index contributed by atoms with van der Waals surface area (Å²) in [5.74, 6) is -0.184. The Kier molecular flexibility index (Phi) is 6.57. The first-order chi connectivity index (χ1) is 11.9. The van der Waals surface area contributed by atoms with Gasteiger partial charge in [-0.25, -0.2) is 8.42 Å². The quantitative estimate of drug-likeness (QED) is 0.831. The van der Waals surface area contributed by atoms with Crippen LogP contribution in [0.3, 0.4) is 0 Å². The van der Waals surface area contributed by atoms with Gasteiger partial charge in [-0.2, -0.15) is 4.31 Å². The summed E-state index contributed by atoms with van der Waals surface area (Å²) in [5, 5.41) is 3.94. The predicted octanol–water partition coefficient (Wildman–Crippen LogP) is 1.02. The van der Waals surface area contributed by atoms with Gasteiger partial charge in [-0.3, -0.25) is 9.78 Å². The molecule has 2 aromatic rings. The number of hydrogen-bond donors (Lipinski definition) is 1. The van der Waals surface area contributed by atoms with Gasteiger partial charge in [-0.1, -0.05) is 12.1 Å². The number of fused-ring (bicyclic) bond motifs is 1. The molecule has 26 heavy (non-hydrogen) atoms. The number of pyridine rings is 1. The van der Waals surface area contributed by atoms with Crippen LogP contribution in [0.5, 0.6) is 0 Å². The Labute approximate surface area is 159 Å². The molecule has 2 heterocycles. The van der Waals surface area contributed by atoms with E-state index in [4.69, 9.17) is 0 Å². The molecular formula is C17H23ClN4O3S. The van der Waals surface area contributed by atoms with Crippen molar-refractivity contribution in [1.82, 2.24) is 19.5 Å². The average Bonchev–Trinajstić information content (AvgIpc) is 2.61. The predicted molar refractivity (Wildman–Crippen MR) is 103 cm³/mol. The van der Waals surface area contributed by atoms with Gasteiger partial charge in [0.15, 0.2) is 0 Å². The van der Waals surface area contributed by atoms with Crippen molar-refractivity contribution in [2.75, 3.05) is 39.8 Å². The van der Waals surface area contributed by atoms with Crippen molar-refractivity contribution in [2.45, 2.75) is 11.8 Å². The number of rotatable bonds is 4. The van der Waals surface area contributed by atoms with Crippen molar-refractivity contribution in [2.24, 2.45) is 0 Å². The highest BCUT2D eigenvalue weighted by molar-refractivity contribution is 7.89. The van der Waals surface area contributed by atoms with Crippen LogP contribution in [0.1, 0.15) is 5.56 Å². The van der Waals surface area contributed by atoms with E-state index in [0.717, 1.165) is 28.3 Å². The minimum atomic E-state index is -3.80. The van der Waals surface area contributed by atoms with Crippen molar-refractivity contribution in [3.8, 4) is 0 Å². The fourth-order valence-electron chi connectivity index (χ4n) is 2.91. The molecule has 142 valence electrons. The topological polar surface area (TPSA) is 82.6 Å². The molecule has 1 aliphatic rings. The van der Waals surface area contributed by atoms with E-state index in [9.17, 15) is 13.2 Å². The lowest BCUT2D eigenvalue weighted by atomic mass is 10.2. The lowest BCUT2D eigenvalue weighted by Crippen LogP contribution is -2.49. The van der Waals surface area contributed by atoms with E-state index >= 15 is 0 Å². The van der Waals surface area contributed by atoms with Crippen molar-refractivity contribution >= 4 is 39.2 Å². The minimum Gasteiger partial charge on any atom is -0.339 e. The molecule has 0 spiro atoms. The van der Waals surface area contributed by atoms with Gasteiger partial charge in [0.2, 0.25) is 15.9 Å². The fraction of sp³-hybridized carbons (Fsp3) is 0.412. The van der Waals surface area contributed by atoms with Gasteiger partial charge in [0.05, 0.1) is 12.1 Å². The number of sulfonamides is 1. The lowest BCUT2D eigenvalue weighted by molar-refractivity contribution is -0.131. The molecule has 0 atom stereocenters. The Morgan fingerprint density at radius 3 is 2.69 bits per heavy atom. The summed E-state index contributed by atoms with van der Waals surface area (Å²) in [5.41, 5.74) is 1.39. The summed E-state index contributed by atoms with van der Waals surface area (Å²) in [4.78, 5) is 18.5. The number of piperazine rings is 1. The lowest BCUT2D eigenvalue weighted by Gasteiger charge is -2.29. The molecule has 0 unspecified atom stereocenters. The molecule has 0 saturated carbocycles. The summed E-state index contributed by atoms with van der Waals surface area (Å²) in [7, 11) is -2.37. The number of amides is 1. The first-order valence-corrected chi connectivity index (χ1v) is 9.64.